The van der Waals surface area contributed by atoms with Gasteiger partial charge in [-0.1, -0.05) is 0 Å². The third-order valence-electron chi connectivity index (χ3n) is 1.53. The van der Waals surface area contributed by atoms with E-state index in [1.165, 1.54) is 6.26 Å². The lowest BCUT2D eigenvalue weighted by molar-refractivity contribution is -0.0549. The number of hydrogen-bond donors (Lipinski definition) is 2. The van der Waals surface area contributed by atoms with Crippen LogP contribution in [-0.4, -0.2) is 16.9 Å². The zero-order valence-electron chi connectivity index (χ0n) is 5.37. The van der Waals surface area contributed by atoms with Crippen LogP contribution in [0.25, 0.3) is 0 Å². The highest BCUT2D eigenvalue weighted by molar-refractivity contribution is 4.96. The molecule has 52 valence electrons. The smallest absolute Gasteiger partial charge is 0.186 e. The maximum Gasteiger partial charge on any atom is 0.186 e. The van der Waals surface area contributed by atoms with Gasteiger partial charge in [-0.05, 0) is 13.0 Å². The summed E-state index contributed by atoms with van der Waals surface area (Å²) in [7, 11) is 0. The molecule has 0 aliphatic carbocycles. The minimum absolute atomic E-state index is 0.588. The maximum atomic E-state index is 9.02. The Morgan fingerprint density at radius 1 is 1.89 bits per heavy atom. The van der Waals surface area contributed by atoms with Gasteiger partial charge in [0.25, 0.3) is 0 Å². The summed E-state index contributed by atoms with van der Waals surface area (Å²) < 4.78 is 4.95. The molecular formula is C6H11NO2. The largest absolute Gasteiger partial charge is 0.478 e. The first-order chi connectivity index (χ1) is 4.15. The number of aliphatic hydroxyl groups is 1. The van der Waals surface area contributed by atoms with Crippen LogP contribution in [0.4, 0.5) is 0 Å². The minimum atomic E-state index is -0.861. The van der Waals surface area contributed by atoms with E-state index in [1.54, 1.807) is 13.0 Å². The Balaban J connectivity index is 2.55. The number of hydrogen-bond acceptors (Lipinski definition) is 3. The SMILES string of the molecule is CC(O)C1(N)CC=CO1. The highest BCUT2D eigenvalue weighted by Crippen LogP contribution is 2.20. The Morgan fingerprint density at radius 2 is 2.56 bits per heavy atom. The van der Waals surface area contributed by atoms with E-state index in [2.05, 4.69) is 0 Å². The molecule has 0 aromatic carbocycles. The first kappa shape index (κ1) is 6.58. The summed E-state index contributed by atoms with van der Waals surface area (Å²) >= 11 is 0. The Kier molecular flexibility index (Phi) is 1.47. The van der Waals surface area contributed by atoms with Gasteiger partial charge in [0.05, 0.1) is 6.26 Å². The summed E-state index contributed by atoms with van der Waals surface area (Å²) in [6, 6.07) is 0. The lowest BCUT2D eigenvalue weighted by Gasteiger charge is -2.26. The zero-order chi connectivity index (χ0) is 6.91. The van der Waals surface area contributed by atoms with Crippen LogP contribution in [0.15, 0.2) is 12.3 Å². The molecule has 1 aliphatic heterocycles. The van der Waals surface area contributed by atoms with Gasteiger partial charge in [-0.15, -0.1) is 0 Å². The summed E-state index contributed by atoms with van der Waals surface area (Å²) in [5, 5.41) is 9.02. The van der Waals surface area contributed by atoms with Crippen molar-refractivity contribution < 1.29 is 9.84 Å². The number of ether oxygens (including phenoxy) is 1. The minimum Gasteiger partial charge on any atom is -0.478 e. The molecule has 3 nitrogen and oxygen atoms in total. The Hall–Kier alpha value is -0.540. The monoisotopic (exact) mass is 129 g/mol. The normalized spacial score (nSPS) is 36.3. The van der Waals surface area contributed by atoms with Gasteiger partial charge in [0.15, 0.2) is 5.72 Å². The van der Waals surface area contributed by atoms with Crippen LogP contribution in [-0.2, 0) is 4.74 Å². The van der Waals surface area contributed by atoms with E-state index in [0.717, 1.165) is 0 Å². The molecule has 0 aromatic rings. The molecule has 0 aromatic heterocycles. The number of nitrogens with two attached hydrogens (primary N) is 1. The maximum absolute atomic E-state index is 9.02. The van der Waals surface area contributed by atoms with Gasteiger partial charge in [0, 0.05) is 6.42 Å². The molecule has 3 N–H and O–H groups in total. The molecule has 0 fully saturated rings. The van der Waals surface area contributed by atoms with E-state index >= 15 is 0 Å². The first-order valence-electron chi connectivity index (χ1n) is 2.95. The second kappa shape index (κ2) is 2.01. The van der Waals surface area contributed by atoms with Crippen molar-refractivity contribution in [3.05, 3.63) is 12.3 Å². The fraction of sp³-hybridized carbons (Fsp3) is 0.667. The summed E-state index contributed by atoms with van der Waals surface area (Å²) in [4.78, 5) is 0. The van der Waals surface area contributed by atoms with Crippen molar-refractivity contribution >= 4 is 0 Å². The van der Waals surface area contributed by atoms with Crippen molar-refractivity contribution in [2.45, 2.75) is 25.2 Å². The van der Waals surface area contributed by atoms with Crippen LogP contribution in [0, 0.1) is 0 Å². The summed E-state index contributed by atoms with van der Waals surface area (Å²) in [5.41, 5.74) is 4.71. The molecule has 0 amide bonds. The molecule has 0 saturated heterocycles. The van der Waals surface area contributed by atoms with Crippen LogP contribution >= 0.6 is 0 Å². The summed E-state index contributed by atoms with van der Waals surface area (Å²) in [5.74, 6) is 0. The summed E-state index contributed by atoms with van der Waals surface area (Å²) in [6.07, 6.45) is 3.29. The Labute approximate surface area is 54.1 Å². The topological polar surface area (TPSA) is 55.5 Å². The average Bonchev–Trinajstić information content (AvgIpc) is 2.16. The van der Waals surface area contributed by atoms with Crippen LogP contribution in [0.3, 0.4) is 0 Å². The van der Waals surface area contributed by atoms with Crippen molar-refractivity contribution in [2.75, 3.05) is 0 Å². The third kappa shape index (κ3) is 1.06. The molecule has 2 unspecified atom stereocenters. The molecule has 0 spiro atoms. The van der Waals surface area contributed by atoms with Crippen LogP contribution in [0.2, 0.25) is 0 Å². The molecule has 2 atom stereocenters. The fourth-order valence-corrected chi connectivity index (χ4v) is 0.724. The molecule has 1 heterocycles. The van der Waals surface area contributed by atoms with E-state index in [-0.39, 0.29) is 0 Å². The van der Waals surface area contributed by atoms with Crippen molar-refractivity contribution in [3.8, 4) is 0 Å². The van der Waals surface area contributed by atoms with Crippen molar-refractivity contribution in [1.82, 2.24) is 0 Å². The van der Waals surface area contributed by atoms with E-state index in [9.17, 15) is 0 Å². The lowest BCUT2D eigenvalue weighted by Crippen LogP contribution is -2.48. The van der Waals surface area contributed by atoms with Gasteiger partial charge in [-0.25, -0.2) is 0 Å². The second-order valence-corrected chi connectivity index (χ2v) is 2.32. The fourth-order valence-electron chi connectivity index (χ4n) is 0.724. The van der Waals surface area contributed by atoms with Gasteiger partial charge >= 0.3 is 0 Å². The molecule has 9 heavy (non-hydrogen) atoms. The van der Waals surface area contributed by atoms with Gasteiger partial charge in [-0.3, -0.25) is 5.73 Å². The van der Waals surface area contributed by atoms with Crippen molar-refractivity contribution in [1.29, 1.82) is 0 Å². The third-order valence-corrected chi connectivity index (χ3v) is 1.53. The molecule has 0 bridgehead atoms. The van der Waals surface area contributed by atoms with E-state index < -0.39 is 11.8 Å². The van der Waals surface area contributed by atoms with Crippen LogP contribution < -0.4 is 5.73 Å². The molecule has 1 rings (SSSR count). The molecule has 0 saturated carbocycles. The van der Waals surface area contributed by atoms with Gasteiger partial charge in [-0.2, -0.15) is 0 Å². The predicted octanol–water partition coefficient (Wildman–Crippen LogP) is -0.0438. The predicted molar refractivity (Wildman–Crippen MR) is 33.4 cm³/mol. The van der Waals surface area contributed by atoms with E-state index in [4.69, 9.17) is 15.6 Å². The van der Waals surface area contributed by atoms with Crippen molar-refractivity contribution in [3.63, 3.8) is 0 Å². The van der Waals surface area contributed by atoms with Crippen molar-refractivity contribution in [2.24, 2.45) is 5.73 Å². The highest BCUT2D eigenvalue weighted by Gasteiger charge is 2.33. The van der Waals surface area contributed by atoms with Gasteiger partial charge in [0.1, 0.15) is 6.10 Å². The van der Waals surface area contributed by atoms with E-state index in [0.29, 0.717) is 6.42 Å². The molecular weight excluding hydrogens is 118 g/mol. The Bertz CT molecular complexity index is 123. The standard InChI is InChI=1S/C6H11NO2/c1-5(8)6(7)3-2-4-9-6/h2,4-5,8H,3,7H2,1H3. The van der Waals surface area contributed by atoms with Gasteiger partial charge < -0.3 is 9.84 Å². The molecule has 3 heteroatoms. The molecule has 0 radical (unpaired) electrons. The van der Waals surface area contributed by atoms with Gasteiger partial charge in [0.2, 0.25) is 0 Å². The number of aliphatic hydroxyl groups excluding tert-OH is 1. The number of rotatable bonds is 1. The quantitative estimate of drug-likeness (QED) is 0.522. The zero-order valence-corrected chi connectivity index (χ0v) is 5.37. The average molecular weight is 129 g/mol. The Morgan fingerprint density at radius 3 is 2.78 bits per heavy atom. The first-order valence-corrected chi connectivity index (χ1v) is 2.95. The highest BCUT2D eigenvalue weighted by atomic mass is 16.5. The van der Waals surface area contributed by atoms with E-state index in [1.807, 2.05) is 0 Å². The lowest BCUT2D eigenvalue weighted by atomic mass is 10.1. The van der Waals surface area contributed by atoms with Crippen LogP contribution in [0.5, 0.6) is 0 Å². The summed E-state index contributed by atoms with van der Waals surface area (Å²) in [6.45, 7) is 1.62. The molecule has 1 aliphatic rings. The second-order valence-electron chi connectivity index (χ2n) is 2.32. The van der Waals surface area contributed by atoms with Crippen LogP contribution in [0.1, 0.15) is 13.3 Å².